The zero-order chi connectivity index (χ0) is 15.1. The second kappa shape index (κ2) is 7.52. The highest BCUT2D eigenvalue weighted by Crippen LogP contribution is 2.26. The van der Waals surface area contributed by atoms with Crippen LogP contribution in [0, 0.1) is 0 Å². The molecule has 0 aromatic heterocycles. The minimum Gasteiger partial charge on any atom is -0.496 e. The number of aliphatic imine (C=N–C) groups is 1. The third kappa shape index (κ3) is 4.11. The van der Waals surface area contributed by atoms with E-state index in [1.807, 2.05) is 42.5 Å². The van der Waals surface area contributed by atoms with E-state index in [4.69, 9.17) is 22.2 Å². The number of nitrogens with two attached hydrogens (primary N) is 1. The maximum absolute atomic E-state index is 6.17. The quantitative estimate of drug-likeness (QED) is 0.351. The Morgan fingerprint density at radius 1 is 1.19 bits per heavy atom. The summed E-state index contributed by atoms with van der Waals surface area (Å²) < 4.78 is 5.28. The number of hydrazine groups is 1. The van der Waals surface area contributed by atoms with E-state index in [-0.39, 0.29) is 0 Å². The lowest BCUT2D eigenvalue weighted by Gasteiger charge is -2.11. The van der Waals surface area contributed by atoms with Gasteiger partial charge in [0.25, 0.3) is 0 Å². The number of anilines is 1. The number of hydrogen-bond acceptors (Lipinski definition) is 3. The Bertz CT molecular complexity index is 616. The van der Waals surface area contributed by atoms with Gasteiger partial charge in [0.2, 0.25) is 5.96 Å². The summed E-state index contributed by atoms with van der Waals surface area (Å²) in [7, 11) is 1.60. The van der Waals surface area contributed by atoms with Gasteiger partial charge in [-0.25, -0.2) is 10.8 Å². The molecule has 5 nitrogen and oxygen atoms in total. The van der Waals surface area contributed by atoms with Crippen LogP contribution in [0.1, 0.15) is 5.56 Å². The number of para-hydroxylation sites is 1. The van der Waals surface area contributed by atoms with Crippen molar-refractivity contribution in [3.05, 3.63) is 59.1 Å². The molecule has 2 aromatic rings. The Morgan fingerprint density at radius 2 is 1.95 bits per heavy atom. The predicted molar refractivity (Wildman–Crippen MR) is 86.5 cm³/mol. The molecule has 21 heavy (non-hydrogen) atoms. The Balaban J connectivity index is 2.15. The van der Waals surface area contributed by atoms with Crippen molar-refractivity contribution in [3.8, 4) is 5.75 Å². The number of rotatable bonds is 4. The van der Waals surface area contributed by atoms with Crippen LogP contribution in [0.25, 0.3) is 0 Å². The number of halogens is 1. The average Bonchev–Trinajstić information content (AvgIpc) is 2.53. The van der Waals surface area contributed by atoms with E-state index in [0.717, 1.165) is 11.3 Å². The van der Waals surface area contributed by atoms with Gasteiger partial charge in [-0.1, -0.05) is 35.9 Å². The number of nitrogens with zero attached hydrogens (tertiary/aromatic N) is 1. The molecule has 0 saturated carbocycles. The molecule has 2 aromatic carbocycles. The van der Waals surface area contributed by atoms with Gasteiger partial charge >= 0.3 is 0 Å². The smallest absolute Gasteiger partial charge is 0.210 e. The van der Waals surface area contributed by atoms with Crippen LogP contribution in [0.4, 0.5) is 5.69 Å². The molecule has 6 heteroatoms. The molecule has 0 saturated heterocycles. The Hall–Kier alpha value is -2.24. The summed E-state index contributed by atoms with van der Waals surface area (Å²) in [5.74, 6) is 6.63. The zero-order valence-corrected chi connectivity index (χ0v) is 12.4. The first-order valence-corrected chi connectivity index (χ1v) is 6.77. The maximum Gasteiger partial charge on any atom is 0.210 e. The van der Waals surface area contributed by atoms with Crippen LogP contribution in [0.15, 0.2) is 53.5 Å². The van der Waals surface area contributed by atoms with Crippen molar-refractivity contribution in [1.29, 1.82) is 0 Å². The van der Waals surface area contributed by atoms with Crippen LogP contribution in [0.5, 0.6) is 5.75 Å². The minimum absolute atomic E-state index is 0.349. The molecule has 110 valence electrons. The van der Waals surface area contributed by atoms with Crippen molar-refractivity contribution in [2.75, 3.05) is 12.4 Å². The number of hydrogen-bond donors (Lipinski definition) is 3. The first kappa shape index (κ1) is 15.2. The van der Waals surface area contributed by atoms with Crippen LogP contribution < -0.4 is 21.3 Å². The lowest BCUT2D eigenvalue weighted by Crippen LogP contribution is -2.36. The van der Waals surface area contributed by atoms with Crippen molar-refractivity contribution in [1.82, 2.24) is 5.43 Å². The molecule has 0 amide bonds. The normalized spacial score (nSPS) is 11.1. The van der Waals surface area contributed by atoms with Gasteiger partial charge in [-0.05, 0) is 24.3 Å². The lowest BCUT2D eigenvalue weighted by atomic mass is 10.2. The second-order valence-corrected chi connectivity index (χ2v) is 4.63. The highest BCUT2D eigenvalue weighted by atomic mass is 35.5. The van der Waals surface area contributed by atoms with E-state index >= 15 is 0 Å². The second-order valence-electron chi connectivity index (χ2n) is 4.22. The summed E-state index contributed by atoms with van der Waals surface area (Å²) >= 11 is 6.17. The van der Waals surface area contributed by atoms with Gasteiger partial charge in [0, 0.05) is 16.3 Å². The summed E-state index contributed by atoms with van der Waals surface area (Å²) in [5, 5.41) is 3.69. The van der Waals surface area contributed by atoms with Crippen LogP contribution in [0.2, 0.25) is 5.02 Å². The molecule has 0 spiro atoms. The van der Waals surface area contributed by atoms with Crippen LogP contribution in [-0.4, -0.2) is 13.1 Å². The zero-order valence-electron chi connectivity index (χ0n) is 11.6. The van der Waals surface area contributed by atoms with Crippen molar-refractivity contribution < 1.29 is 4.74 Å². The molecular weight excluding hydrogens is 288 g/mol. The molecule has 0 unspecified atom stereocenters. The number of methoxy groups -OCH3 is 1. The molecule has 0 aliphatic heterocycles. The molecule has 0 aliphatic rings. The molecule has 0 heterocycles. The van der Waals surface area contributed by atoms with E-state index in [2.05, 4.69) is 15.7 Å². The van der Waals surface area contributed by atoms with Gasteiger partial charge in [-0.2, -0.15) is 0 Å². The lowest BCUT2D eigenvalue weighted by molar-refractivity contribution is 0.410. The number of ether oxygens (including phenoxy) is 1. The fourth-order valence-corrected chi connectivity index (χ4v) is 2.05. The van der Waals surface area contributed by atoms with Crippen molar-refractivity contribution in [3.63, 3.8) is 0 Å². The van der Waals surface area contributed by atoms with Gasteiger partial charge < -0.3 is 10.1 Å². The van der Waals surface area contributed by atoms with E-state index < -0.39 is 0 Å². The Labute approximate surface area is 128 Å². The van der Waals surface area contributed by atoms with E-state index in [9.17, 15) is 0 Å². The third-order valence-corrected chi connectivity index (χ3v) is 3.22. The van der Waals surface area contributed by atoms with E-state index in [1.54, 1.807) is 13.2 Å². The fourth-order valence-electron chi connectivity index (χ4n) is 1.82. The van der Waals surface area contributed by atoms with Crippen molar-refractivity contribution in [2.24, 2.45) is 10.8 Å². The molecule has 0 aliphatic carbocycles. The van der Waals surface area contributed by atoms with Gasteiger partial charge in [0.05, 0.1) is 13.7 Å². The molecular formula is C15H17ClN4O. The Kier molecular flexibility index (Phi) is 5.43. The van der Waals surface area contributed by atoms with Crippen molar-refractivity contribution in [2.45, 2.75) is 6.54 Å². The monoisotopic (exact) mass is 304 g/mol. The Morgan fingerprint density at radius 3 is 2.62 bits per heavy atom. The summed E-state index contributed by atoms with van der Waals surface area (Å²) in [5.41, 5.74) is 4.23. The molecule has 0 fully saturated rings. The van der Waals surface area contributed by atoms with Gasteiger partial charge in [0.15, 0.2) is 0 Å². The third-order valence-electron chi connectivity index (χ3n) is 2.86. The number of benzene rings is 2. The summed E-state index contributed by atoms with van der Waals surface area (Å²) in [6, 6.07) is 15.1. The first-order valence-electron chi connectivity index (χ1n) is 6.39. The average molecular weight is 305 g/mol. The van der Waals surface area contributed by atoms with Crippen LogP contribution >= 0.6 is 11.6 Å². The highest BCUT2D eigenvalue weighted by Gasteiger charge is 2.07. The molecule has 4 N–H and O–H groups in total. The minimum atomic E-state index is 0.349. The van der Waals surface area contributed by atoms with E-state index in [1.165, 1.54) is 0 Å². The highest BCUT2D eigenvalue weighted by molar-refractivity contribution is 6.31. The molecule has 0 radical (unpaired) electrons. The van der Waals surface area contributed by atoms with Gasteiger partial charge in [-0.3, -0.25) is 5.43 Å². The number of nitrogens with one attached hydrogen (secondary N) is 2. The molecule has 0 bridgehead atoms. The summed E-state index contributed by atoms with van der Waals surface area (Å²) in [6.45, 7) is 0.349. The first-order chi connectivity index (χ1) is 10.2. The maximum atomic E-state index is 6.17. The van der Waals surface area contributed by atoms with Crippen molar-refractivity contribution >= 4 is 23.2 Å². The summed E-state index contributed by atoms with van der Waals surface area (Å²) in [6.07, 6.45) is 0. The standard InChI is InChI=1S/C15H17ClN4O/c1-21-14-9-5-8-13(16)12(14)10-18-15(20-17)19-11-6-3-2-4-7-11/h2-9H,10,17H2,1H3,(H2,18,19,20). The van der Waals surface area contributed by atoms with E-state index in [0.29, 0.717) is 23.3 Å². The van der Waals surface area contributed by atoms with Gasteiger partial charge in [0.1, 0.15) is 5.75 Å². The molecule has 2 rings (SSSR count). The van der Waals surface area contributed by atoms with Gasteiger partial charge in [-0.15, -0.1) is 0 Å². The topological polar surface area (TPSA) is 71.7 Å². The number of guanidine groups is 1. The van der Waals surface area contributed by atoms with Crippen LogP contribution in [-0.2, 0) is 6.54 Å². The SMILES string of the molecule is COc1cccc(Cl)c1CN=C(NN)Nc1ccccc1. The predicted octanol–water partition coefficient (Wildman–Crippen LogP) is 2.78. The van der Waals surface area contributed by atoms with Crippen LogP contribution in [0.3, 0.4) is 0 Å². The molecule has 0 atom stereocenters. The fraction of sp³-hybridized carbons (Fsp3) is 0.133. The summed E-state index contributed by atoms with van der Waals surface area (Å²) in [4.78, 5) is 4.38. The largest absolute Gasteiger partial charge is 0.496 e.